The summed E-state index contributed by atoms with van der Waals surface area (Å²) in [6.45, 7) is 1.23. The van der Waals surface area contributed by atoms with Gasteiger partial charge in [0.05, 0.1) is 6.04 Å². The van der Waals surface area contributed by atoms with Gasteiger partial charge in [0, 0.05) is 24.7 Å². The number of likely N-dealkylation sites (tertiary alicyclic amines) is 1. The summed E-state index contributed by atoms with van der Waals surface area (Å²) in [4.78, 5) is 27.6. The van der Waals surface area contributed by atoms with E-state index in [1.54, 1.807) is 0 Å². The Balaban J connectivity index is 1.33. The topological polar surface area (TPSA) is 61.4 Å². The summed E-state index contributed by atoms with van der Waals surface area (Å²) in [6, 6.07) is 20.0. The van der Waals surface area contributed by atoms with E-state index in [1.807, 2.05) is 53.4 Å². The smallest absolute Gasteiger partial charge is 0.317 e. The van der Waals surface area contributed by atoms with Gasteiger partial charge in [0.2, 0.25) is 5.91 Å². The summed E-state index contributed by atoms with van der Waals surface area (Å²) in [5.74, 6) is 0.498. The van der Waals surface area contributed by atoms with Gasteiger partial charge in [0.1, 0.15) is 0 Å². The molecule has 1 saturated carbocycles. The Hall–Kier alpha value is -2.82. The van der Waals surface area contributed by atoms with Gasteiger partial charge in [-0.3, -0.25) is 4.79 Å². The van der Waals surface area contributed by atoms with Crippen molar-refractivity contribution in [1.82, 2.24) is 10.2 Å². The molecule has 1 unspecified atom stereocenters. The number of urea groups is 1. The molecule has 2 fully saturated rings. The Morgan fingerprint density at radius 1 is 0.806 bits per heavy atom. The van der Waals surface area contributed by atoms with Crippen molar-refractivity contribution in [1.29, 1.82) is 0 Å². The molecule has 2 N–H and O–H groups in total. The average molecular weight is 420 g/mol. The van der Waals surface area contributed by atoms with Crippen LogP contribution in [-0.4, -0.2) is 29.9 Å². The molecule has 3 amide bonds. The van der Waals surface area contributed by atoms with Gasteiger partial charge in [-0.05, 0) is 49.3 Å². The van der Waals surface area contributed by atoms with Gasteiger partial charge < -0.3 is 15.5 Å². The van der Waals surface area contributed by atoms with Gasteiger partial charge in [-0.1, -0.05) is 67.8 Å². The van der Waals surface area contributed by atoms with Gasteiger partial charge >= 0.3 is 6.03 Å². The van der Waals surface area contributed by atoms with Gasteiger partial charge in [-0.25, -0.2) is 4.79 Å². The molecule has 5 nitrogen and oxygen atoms in total. The maximum absolute atomic E-state index is 13.1. The number of para-hydroxylation sites is 1. The van der Waals surface area contributed by atoms with Gasteiger partial charge in [-0.15, -0.1) is 0 Å². The zero-order valence-corrected chi connectivity index (χ0v) is 18.1. The molecule has 4 rings (SSSR count). The number of nitrogens with one attached hydrogen (secondary N) is 2. The van der Waals surface area contributed by atoms with E-state index in [-0.39, 0.29) is 23.9 Å². The normalized spacial score (nSPS) is 18.9. The number of hydrogen-bond acceptors (Lipinski definition) is 2. The summed E-state index contributed by atoms with van der Waals surface area (Å²) in [5.41, 5.74) is 2.02. The van der Waals surface area contributed by atoms with Crippen LogP contribution in [0.1, 0.15) is 56.6 Å². The van der Waals surface area contributed by atoms with E-state index in [1.165, 1.54) is 37.7 Å². The summed E-state index contributed by atoms with van der Waals surface area (Å²) < 4.78 is 0. The lowest BCUT2D eigenvalue weighted by atomic mass is 9.81. The number of nitrogens with zero attached hydrogens (tertiary/aromatic N) is 1. The number of hydrogen-bond donors (Lipinski definition) is 2. The number of carbonyl (C=O) groups is 2. The molecule has 1 aliphatic carbocycles. The van der Waals surface area contributed by atoms with Crippen molar-refractivity contribution in [2.75, 3.05) is 18.4 Å². The molecule has 1 saturated heterocycles. The molecule has 164 valence electrons. The largest absolute Gasteiger partial charge is 0.331 e. The van der Waals surface area contributed by atoms with Gasteiger partial charge in [0.25, 0.3) is 0 Å². The monoisotopic (exact) mass is 419 g/mol. The van der Waals surface area contributed by atoms with Gasteiger partial charge in [-0.2, -0.15) is 0 Å². The van der Waals surface area contributed by atoms with E-state index in [0.29, 0.717) is 31.8 Å². The van der Waals surface area contributed by atoms with Gasteiger partial charge in [0.15, 0.2) is 0 Å². The average Bonchev–Trinajstić information content (AvgIpc) is 2.84. The lowest BCUT2D eigenvalue weighted by Gasteiger charge is -2.36. The van der Waals surface area contributed by atoms with Crippen LogP contribution in [0.5, 0.6) is 0 Å². The molecule has 2 aromatic rings. The van der Waals surface area contributed by atoms with Crippen molar-refractivity contribution in [3.8, 4) is 0 Å². The second kappa shape index (κ2) is 10.5. The summed E-state index contributed by atoms with van der Waals surface area (Å²) in [7, 11) is 0. The maximum atomic E-state index is 13.1. The second-order valence-electron chi connectivity index (χ2n) is 8.85. The molecule has 0 aromatic heterocycles. The Bertz CT molecular complexity index is 841. The highest BCUT2D eigenvalue weighted by atomic mass is 16.2. The molecule has 1 atom stereocenters. The Morgan fingerprint density at radius 2 is 1.42 bits per heavy atom. The second-order valence-corrected chi connectivity index (χ2v) is 8.85. The third kappa shape index (κ3) is 5.66. The van der Waals surface area contributed by atoms with Crippen molar-refractivity contribution >= 4 is 17.6 Å². The van der Waals surface area contributed by atoms with Crippen molar-refractivity contribution in [3.05, 3.63) is 66.2 Å². The quantitative estimate of drug-likeness (QED) is 0.684. The van der Waals surface area contributed by atoms with Crippen LogP contribution >= 0.6 is 0 Å². The fraction of sp³-hybridized carbons (Fsp3) is 0.462. The number of amides is 3. The number of anilines is 1. The van der Waals surface area contributed by atoms with Crippen molar-refractivity contribution in [3.63, 3.8) is 0 Å². The number of rotatable bonds is 5. The van der Waals surface area contributed by atoms with Crippen LogP contribution in [0.25, 0.3) is 0 Å². The summed E-state index contributed by atoms with van der Waals surface area (Å²) in [6.07, 6.45) is 7.52. The molecule has 1 heterocycles. The number of piperidine rings is 1. The van der Waals surface area contributed by atoms with E-state index in [4.69, 9.17) is 0 Å². The molecule has 5 heteroatoms. The zero-order valence-electron chi connectivity index (χ0n) is 18.1. The van der Waals surface area contributed by atoms with Crippen LogP contribution in [0.4, 0.5) is 10.5 Å². The Labute approximate surface area is 185 Å². The lowest BCUT2D eigenvalue weighted by Crippen LogP contribution is -2.48. The zero-order chi connectivity index (χ0) is 21.5. The minimum atomic E-state index is -0.0486. The third-order valence-corrected chi connectivity index (χ3v) is 6.75. The molecule has 0 bridgehead atoms. The van der Waals surface area contributed by atoms with Crippen molar-refractivity contribution < 1.29 is 9.59 Å². The first kappa shape index (κ1) is 21.4. The highest BCUT2D eigenvalue weighted by Gasteiger charge is 2.31. The number of carbonyl (C=O) groups excluding carboxylic acids is 2. The first-order valence-corrected chi connectivity index (χ1v) is 11.7. The molecule has 31 heavy (non-hydrogen) atoms. The predicted molar refractivity (Wildman–Crippen MR) is 124 cm³/mol. The minimum absolute atomic E-state index is 0.00124. The standard InChI is InChI=1S/C26H33N3O2/c30-25(27-23-14-8-3-9-15-23)22-16-18-29(19-17-22)26(31)28-24(20-10-4-1-5-11-20)21-12-6-2-7-13-21/h1,3-5,8-11,14-15,21-22,24H,2,6-7,12-13,16-19H2,(H,27,30)(H,28,31). The molecule has 2 aliphatic rings. The fourth-order valence-electron chi connectivity index (χ4n) is 4.94. The fourth-order valence-corrected chi connectivity index (χ4v) is 4.94. The molecular formula is C26H33N3O2. The van der Waals surface area contributed by atoms with Crippen LogP contribution in [-0.2, 0) is 4.79 Å². The first-order chi connectivity index (χ1) is 15.2. The summed E-state index contributed by atoms with van der Waals surface area (Å²) in [5, 5.41) is 6.34. The predicted octanol–water partition coefficient (Wildman–Crippen LogP) is 5.37. The van der Waals surface area contributed by atoms with Crippen LogP contribution in [0.3, 0.4) is 0 Å². The molecule has 0 spiro atoms. The summed E-state index contributed by atoms with van der Waals surface area (Å²) >= 11 is 0. The maximum Gasteiger partial charge on any atom is 0.317 e. The SMILES string of the molecule is O=C(Nc1ccccc1)C1CCN(C(=O)NC(c2ccccc2)C2CCCCC2)CC1. The van der Waals surface area contributed by atoms with Crippen molar-refractivity contribution in [2.45, 2.75) is 51.0 Å². The molecular weight excluding hydrogens is 386 g/mol. The Morgan fingerprint density at radius 3 is 2.06 bits per heavy atom. The molecule has 2 aromatic carbocycles. The highest BCUT2D eigenvalue weighted by Crippen LogP contribution is 2.34. The van der Waals surface area contributed by atoms with E-state index >= 15 is 0 Å². The van der Waals surface area contributed by atoms with E-state index in [9.17, 15) is 9.59 Å². The van der Waals surface area contributed by atoms with Crippen molar-refractivity contribution in [2.24, 2.45) is 11.8 Å². The van der Waals surface area contributed by atoms with E-state index in [2.05, 4.69) is 22.8 Å². The van der Waals surface area contributed by atoms with Crippen LogP contribution in [0.2, 0.25) is 0 Å². The van der Waals surface area contributed by atoms with E-state index in [0.717, 1.165) is 5.69 Å². The molecule has 1 aliphatic heterocycles. The van der Waals surface area contributed by atoms with Crippen LogP contribution < -0.4 is 10.6 Å². The first-order valence-electron chi connectivity index (χ1n) is 11.7. The molecule has 0 radical (unpaired) electrons. The minimum Gasteiger partial charge on any atom is -0.331 e. The number of benzene rings is 2. The highest BCUT2D eigenvalue weighted by molar-refractivity contribution is 5.92. The van der Waals surface area contributed by atoms with Crippen LogP contribution in [0, 0.1) is 11.8 Å². The Kier molecular flexibility index (Phi) is 7.23. The van der Waals surface area contributed by atoms with E-state index < -0.39 is 0 Å². The van der Waals surface area contributed by atoms with Crippen LogP contribution in [0.15, 0.2) is 60.7 Å². The lowest BCUT2D eigenvalue weighted by molar-refractivity contribution is -0.121. The third-order valence-electron chi connectivity index (χ3n) is 6.75.